The molecule has 302 valence electrons. The van der Waals surface area contributed by atoms with Crippen LogP contribution in [-0.4, -0.2) is 97.3 Å². The molecule has 1 amide bonds. The van der Waals surface area contributed by atoms with Crippen LogP contribution in [0, 0.1) is 111 Å². The minimum absolute atomic E-state index is 0. The van der Waals surface area contributed by atoms with Crippen molar-refractivity contribution in [2.45, 2.75) is 94.7 Å². The molecule has 0 spiro atoms. The van der Waals surface area contributed by atoms with Crippen LogP contribution in [0.25, 0.3) is 0 Å². The van der Waals surface area contributed by atoms with Crippen molar-refractivity contribution in [3.8, 4) is 0 Å². The fourth-order valence-corrected chi connectivity index (χ4v) is 10.2. The van der Waals surface area contributed by atoms with Gasteiger partial charge in [-0.1, -0.05) is 92.7 Å². The molecule has 4 aliphatic rings. The number of carbonyl (C=O) groups is 4. The number of aliphatic hydroxyl groups is 5. The van der Waals surface area contributed by atoms with E-state index < -0.39 is 93.9 Å². The summed E-state index contributed by atoms with van der Waals surface area (Å²) in [4.78, 5) is 56.3. The molecular formula is C44H49Ac2NO11. The van der Waals surface area contributed by atoms with Crippen molar-refractivity contribution in [1.82, 2.24) is 5.32 Å². The van der Waals surface area contributed by atoms with Crippen LogP contribution >= 0.6 is 0 Å². The van der Waals surface area contributed by atoms with E-state index in [-0.39, 0.29) is 125 Å². The van der Waals surface area contributed by atoms with Crippen molar-refractivity contribution < 1.29 is 142 Å². The van der Waals surface area contributed by atoms with Crippen LogP contribution in [0.5, 0.6) is 0 Å². The van der Waals surface area contributed by atoms with Gasteiger partial charge in [0.25, 0.3) is 5.91 Å². The Hall–Kier alpha value is -1.68. The fourth-order valence-electron chi connectivity index (χ4n) is 10.2. The Morgan fingerprint density at radius 1 is 0.879 bits per heavy atom. The summed E-state index contributed by atoms with van der Waals surface area (Å²) in [5, 5.41) is 63.9. The van der Waals surface area contributed by atoms with Crippen LogP contribution in [0.3, 0.4) is 0 Å². The number of Topliss-reactive ketones (excluding diaryl/α,β-unsaturated/α-hetero) is 2. The summed E-state index contributed by atoms with van der Waals surface area (Å²) in [6.45, 7) is 6.08. The first-order valence-corrected chi connectivity index (χ1v) is 19.0. The van der Waals surface area contributed by atoms with Crippen LogP contribution in [0.15, 0.2) is 102 Å². The van der Waals surface area contributed by atoms with Crippen molar-refractivity contribution in [2.75, 3.05) is 6.61 Å². The Bertz CT molecular complexity index is 2050. The smallest absolute Gasteiger partial charge is 0.338 e. The molecular weight excluding hydrogens is 1170 g/mol. The van der Waals surface area contributed by atoms with E-state index in [9.17, 15) is 44.7 Å². The molecule has 1 saturated heterocycles. The molecule has 3 aromatic carbocycles. The van der Waals surface area contributed by atoms with Crippen LogP contribution in [0.2, 0.25) is 0 Å². The second kappa shape index (κ2) is 18.0. The van der Waals surface area contributed by atoms with Crippen molar-refractivity contribution >= 4 is 23.4 Å². The van der Waals surface area contributed by atoms with Gasteiger partial charge in [0, 0.05) is 136 Å². The monoisotopic (exact) mass is 1220 g/mol. The molecule has 1 heterocycles. The number of amides is 1. The second-order valence-electron chi connectivity index (χ2n) is 16.6. The van der Waals surface area contributed by atoms with Crippen LogP contribution < -0.4 is 5.32 Å². The van der Waals surface area contributed by atoms with E-state index in [1.54, 1.807) is 112 Å². The standard InChI is InChI=1S/C44H49NO11.2Ac/c1-24-30(56-40(52)36(49)34(26-16-10-6-11-17-26)45-39(51)27-18-12-7-13-19-27)22-44(54)28(20-29(46)25-14-8-5-9-15-25)37-42(4,31(47)21-32-43(37,53)23-55-32)38(50)35(48)33(24)41(44,2)3;;/h5-19,28,30-32,34-37,47-49,53-54H,20-23H2,1-4H3,(H,45,51);;/t28-,30?,31?,32?,34?,35?,36?,37?,42+,43?,44?;;/m0../s1. The van der Waals surface area contributed by atoms with E-state index in [1.165, 1.54) is 6.92 Å². The Morgan fingerprint density at radius 3 is 1.98 bits per heavy atom. The van der Waals surface area contributed by atoms with Crippen LogP contribution in [0.4, 0.5) is 0 Å². The summed E-state index contributed by atoms with van der Waals surface area (Å²) >= 11 is 0. The fraction of sp³-hybridized carbons (Fsp3) is 0.455. The Kier molecular flexibility index (Phi) is 14.7. The number of benzene rings is 3. The number of hydrogen-bond donors (Lipinski definition) is 6. The average Bonchev–Trinajstić information content (AvgIpc) is 3.19. The number of ether oxygens (including phenoxy) is 2. The van der Waals surface area contributed by atoms with Crippen molar-refractivity contribution in [3.05, 3.63) is 119 Å². The summed E-state index contributed by atoms with van der Waals surface area (Å²) in [6, 6.07) is 23.8. The van der Waals surface area contributed by atoms with E-state index in [1.807, 2.05) is 0 Å². The van der Waals surface area contributed by atoms with Gasteiger partial charge in [-0.25, -0.2) is 4.79 Å². The largest absolute Gasteiger partial charge is 0.456 e. The van der Waals surface area contributed by atoms with Gasteiger partial charge >= 0.3 is 5.97 Å². The quantitative estimate of drug-likeness (QED) is 0.105. The average molecular weight is 1220 g/mol. The number of ketones is 2. The number of nitrogens with one attached hydrogen (secondary N) is 1. The molecule has 2 radical (unpaired) electrons. The molecule has 2 bridgehead atoms. The summed E-state index contributed by atoms with van der Waals surface area (Å²) in [7, 11) is 0. The first-order chi connectivity index (χ1) is 26.5. The third-order valence-corrected chi connectivity index (χ3v) is 13.4. The van der Waals surface area contributed by atoms with Gasteiger partial charge in [0.1, 0.15) is 17.8 Å². The molecule has 3 aromatic rings. The molecule has 2 saturated carbocycles. The first kappa shape index (κ1) is 47.4. The Morgan fingerprint density at radius 2 is 1.43 bits per heavy atom. The SMILES string of the molecule is CC1=C2C(O)C(=O)[C@]3(C)C(O)CC4OCC4(O)C3[C@H](CC(=O)c3ccccc3)C(O)(CC1OC(=O)C(O)C(NC(=O)c1ccccc1)c1ccccc1)C2(C)C.[Ac].[Ac]. The molecule has 58 heavy (non-hydrogen) atoms. The molecule has 1 aliphatic heterocycles. The molecule has 3 fully saturated rings. The Balaban J connectivity index is 0.00000320. The number of esters is 1. The topological polar surface area (TPSA) is 200 Å². The van der Waals surface area contributed by atoms with Crippen LogP contribution in [0.1, 0.15) is 79.3 Å². The number of rotatable bonds is 9. The number of carbonyl (C=O) groups excluding carboxylic acids is 4. The summed E-state index contributed by atoms with van der Waals surface area (Å²) < 4.78 is 11.7. The van der Waals surface area contributed by atoms with Gasteiger partial charge in [0.2, 0.25) is 0 Å². The minimum atomic E-state index is -2.08. The van der Waals surface area contributed by atoms with Crippen LogP contribution in [-0.2, 0) is 19.1 Å². The van der Waals surface area contributed by atoms with E-state index in [0.717, 1.165) is 0 Å². The predicted octanol–water partition coefficient (Wildman–Crippen LogP) is 3.26. The normalized spacial score (nSPS) is 33.2. The first-order valence-electron chi connectivity index (χ1n) is 19.0. The van der Waals surface area contributed by atoms with Gasteiger partial charge in [-0.05, 0) is 42.7 Å². The molecule has 3 aliphatic carbocycles. The second-order valence-corrected chi connectivity index (χ2v) is 16.6. The van der Waals surface area contributed by atoms with Gasteiger partial charge in [-0.3, -0.25) is 14.4 Å². The third kappa shape index (κ3) is 7.84. The van der Waals surface area contributed by atoms with Gasteiger partial charge in [-0.2, -0.15) is 0 Å². The molecule has 9 unspecified atom stereocenters. The predicted molar refractivity (Wildman–Crippen MR) is 202 cm³/mol. The molecule has 0 aromatic heterocycles. The number of hydrogen-bond acceptors (Lipinski definition) is 11. The zero-order chi connectivity index (χ0) is 40.4. The van der Waals surface area contributed by atoms with Crippen molar-refractivity contribution in [1.29, 1.82) is 0 Å². The maximum Gasteiger partial charge on any atom is 0.338 e. The van der Waals surface area contributed by atoms with Crippen molar-refractivity contribution in [3.63, 3.8) is 0 Å². The maximum absolute atomic E-state index is 14.8. The van der Waals surface area contributed by atoms with E-state index in [0.29, 0.717) is 16.7 Å². The number of fused-ring (bicyclic) bond motifs is 5. The zero-order valence-corrected chi connectivity index (χ0v) is 42.4. The summed E-state index contributed by atoms with van der Waals surface area (Å²) in [5.74, 6) is -5.47. The summed E-state index contributed by atoms with van der Waals surface area (Å²) in [6.07, 6.45) is -8.39. The molecule has 6 N–H and O–H groups in total. The van der Waals surface area contributed by atoms with Gasteiger partial charge in [-0.15, -0.1) is 0 Å². The molecule has 7 rings (SSSR count). The van der Waals surface area contributed by atoms with Gasteiger partial charge in [0.05, 0.1) is 35.9 Å². The summed E-state index contributed by atoms with van der Waals surface area (Å²) in [5.41, 5.74) is -5.84. The molecule has 12 nitrogen and oxygen atoms in total. The number of aliphatic hydroxyl groups excluding tert-OH is 3. The van der Waals surface area contributed by atoms with Gasteiger partial charge < -0.3 is 40.3 Å². The third-order valence-electron chi connectivity index (χ3n) is 13.4. The van der Waals surface area contributed by atoms with Crippen molar-refractivity contribution in [2.24, 2.45) is 22.7 Å². The zero-order valence-electron chi connectivity index (χ0n) is 32.9. The van der Waals surface area contributed by atoms with E-state index in [2.05, 4.69) is 5.32 Å². The molecule has 11 atom stereocenters. The van der Waals surface area contributed by atoms with Gasteiger partial charge in [0.15, 0.2) is 17.7 Å². The van der Waals surface area contributed by atoms with E-state index >= 15 is 0 Å². The molecule has 14 heteroatoms. The minimum Gasteiger partial charge on any atom is -0.456 e. The van der Waals surface area contributed by atoms with E-state index in [4.69, 9.17) is 9.47 Å². The Labute approximate surface area is 409 Å². The maximum atomic E-state index is 14.8.